The quantitative estimate of drug-likeness (QED) is 0.913. The largest absolute Gasteiger partial charge is 0.367 e. The molecule has 1 atom stereocenters. The molecule has 0 aromatic carbocycles. The van der Waals surface area contributed by atoms with E-state index >= 15 is 0 Å². The molecule has 1 aliphatic rings. The lowest BCUT2D eigenvalue weighted by Crippen LogP contribution is -2.43. The second-order valence-electron chi connectivity index (χ2n) is 7.38. The van der Waals surface area contributed by atoms with E-state index in [1.165, 1.54) is 0 Å². The Hall–Kier alpha value is -2.15. The van der Waals surface area contributed by atoms with Gasteiger partial charge in [0.05, 0.1) is 18.8 Å². The Bertz CT molecular complexity index is 740. The Balaban J connectivity index is 1.76. The Kier molecular flexibility index (Phi) is 4.21. The van der Waals surface area contributed by atoms with Gasteiger partial charge in [0.2, 0.25) is 0 Å². The summed E-state index contributed by atoms with van der Waals surface area (Å²) in [5.74, 6) is 0.781. The highest BCUT2D eigenvalue weighted by Crippen LogP contribution is 2.24. The summed E-state index contributed by atoms with van der Waals surface area (Å²) >= 11 is 0. The molecule has 2 aromatic heterocycles. The molecule has 0 radical (unpaired) electrons. The molecule has 1 aliphatic heterocycles. The lowest BCUT2D eigenvalue weighted by Gasteiger charge is -2.32. The number of aryl methyl sites for hydroxylation is 2. The maximum atomic E-state index is 12.8. The molecule has 1 fully saturated rings. The summed E-state index contributed by atoms with van der Waals surface area (Å²) in [6, 6.07) is 1.84. The summed E-state index contributed by atoms with van der Waals surface area (Å²) < 4.78 is 7.79. The van der Waals surface area contributed by atoms with Gasteiger partial charge >= 0.3 is 0 Å². The van der Waals surface area contributed by atoms with E-state index in [1.807, 2.05) is 30.8 Å². The van der Waals surface area contributed by atoms with E-state index in [1.54, 1.807) is 4.90 Å². The summed E-state index contributed by atoms with van der Waals surface area (Å²) in [5, 5.41) is 7.18. The van der Waals surface area contributed by atoms with Gasteiger partial charge in [-0.2, -0.15) is 5.10 Å². The molecule has 1 saturated heterocycles. The fraction of sp³-hybridized carbons (Fsp3) is 0.588. The average Bonchev–Trinajstić information content (AvgIpc) is 3.13. The first-order valence-corrected chi connectivity index (χ1v) is 8.22. The second-order valence-corrected chi connectivity index (χ2v) is 7.38. The molecular formula is C17H25N5O2. The van der Waals surface area contributed by atoms with Gasteiger partial charge in [0.1, 0.15) is 17.6 Å². The van der Waals surface area contributed by atoms with Gasteiger partial charge in [0.25, 0.3) is 5.91 Å². The average molecular weight is 331 g/mol. The van der Waals surface area contributed by atoms with Gasteiger partial charge in [-0.05, 0) is 13.0 Å². The molecule has 0 bridgehead atoms. The van der Waals surface area contributed by atoms with Crippen LogP contribution >= 0.6 is 0 Å². The van der Waals surface area contributed by atoms with Gasteiger partial charge in [-0.25, -0.2) is 4.98 Å². The normalized spacial score (nSPS) is 18.9. The first kappa shape index (κ1) is 16.7. The number of aromatic nitrogens is 4. The van der Waals surface area contributed by atoms with Crippen molar-refractivity contribution in [2.24, 2.45) is 7.05 Å². The molecule has 7 heteroatoms. The fourth-order valence-electron chi connectivity index (χ4n) is 2.90. The van der Waals surface area contributed by atoms with Crippen LogP contribution < -0.4 is 0 Å². The van der Waals surface area contributed by atoms with Gasteiger partial charge in [-0.1, -0.05) is 20.8 Å². The maximum absolute atomic E-state index is 12.8. The molecule has 0 saturated carbocycles. The van der Waals surface area contributed by atoms with E-state index in [0.29, 0.717) is 25.4 Å². The number of carbonyl (C=O) groups excluding carboxylic acids is 1. The topological polar surface area (TPSA) is 76.0 Å². The molecule has 24 heavy (non-hydrogen) atoms. The van der Waals surface area contributed by atoms with Gasteiger partial charge in [0, 0.05) is 30.9 Å². The number of H-pyrrole nitrogens is 1. The van der Waals surface area contributed by atoms with E-state index < -0.39 is 0 Å². The van der Waals surface area contributed by atoms with E-state index in [0.717, 1.165) is 17.2 Å². The molecule has 2 aromatic rings. The summed E-state index contributed by atoms with van der Waals surface area (Å²) in [6.45, 7) is 9.76. The Morgan fingerprint density at radius 1 is 1.42 bits per heavy atom. The van der Waals surface area contributed by atoms with E-state index in [2.05, 4.69) is 36.0 Å². The lowest BCUT2D eigenvalue weighted by atomic mass is 9.92. The van der Waals surface area contributed by atoms with Crippen molar-refractivity contribution in [1.82, 2.24) is 24.6 Å². The number of imidazole rings is 1. The van der Waals surface area contributed by atoms with Gasteiger partial charge < -0.3 is 14.2 Å². The number of nitrogens with zero attached hydrogens (tertiary/aromatic N) is 4. The first-order valence-electron chi connectivity index (χ1n) is 8.22. The predicted octanol–water partition coefficient (Wildman–Crippen LogP) is 1.96. The standard InChI is InChI=1S/C17H25N5O2/c1-11-9-21(5)15(18-11)13-10-22(6-7-24-13)16(23)12-8-14(20-19-12)17(2,3)4/h8-9,13H,6-7,10H2,1-5H3,(H,19,20). The molecule has 1 amide bonds. The Morgan fingerprint density at radius 2 is 2.17 bits per heavy atom. The van der Waals surface area contributed by atoms with E-state index in [-0.39, 0.29) is 17.4 Å². The van der Waals surface area contributed by atoms with Crippen LogP contribution in [-0.2, 0) is 17.2 Å². The molecule has 0 aliphatic carbocycles. The number of nitrogens with one attached hydrogen (secondary N) is 1. The molecule has 130 valence electrons. The van der Waals surface area contributed by atoms with Crippen molar-refractivity contribution in [2.75, 3.05) is 19.7 Å². The number of amides is 1. The highest BCUT2D eigenvalue weighted by Gasteiger charge is 2.30. The number of hydrogen-bond acceptors (Lipinski definition) is 4. The minimum atomic E-state index is -0.206. The molecule has 1 unspecified atom stereocenters. The van der Waals surface area contributed by atoms with Crippen LogP contribution in [0, 0.1) is 6.92 Å². The highest BCUT2D eigenvalue weighted by atomic mass is 16.5. The van der Waals surface area contributed by atoms with Crippen LogP contribution in [0.3, 0.4) is 0 Å². The van der Waals surface area contributed by atoms with Crippen LogP contribution in [0.1, 0.15) is 54.6 Å². The minimum absolute atomic E-state index is 0.0659. The first-order chi connectivity index (χ1) is 11.3. The third kappa shape index (κ3) is 3.21. The predicted molar refractivity (Wildman–Crippen MR) is 89.8 cm³/mol. The minimum Gasteiger partial charge on any atom is -0.367 e. The van der Waals surface area contributed by atoms with Gasteiger partial charge in [-0.15, -0.1) is 0 Å². The summed E-state index contributed by atoms with van der Waals surface area (Å²) in [7, 11) is 1.95. The van der Waals surface area contributed by atoms with Gasteiger partial charge in [-0.3, -0.25) is 9.89 Å². The van der Waals surface area contributed by atoms with Crippen LogP contribution in [-0.4, -0.2) is 50.3 Å². The number of rotatable bonds is 2. The third-order valence-corrected chi connectivity index (χ3v) is 4.28. The summed E-state index contributed by atoms with van der Waals surface area (Å²) in [6.07, 6.45) is 1.76. The van der Waals surface area contributed by atoms with Crippen molar-refractivity contribution < 1.29 is 9.53 Å². The zero-order chi connectivity index (χ0) is 17.5. The number of hydrogen-bond donors (Lipinski definition) is 1. The molecule has 1 N–H and O–H groups in total. The van der Waals surface area contributed by atoms with E-state index in [4.69, 9.17) is 4.74 Å². The third-order valence-electron chi connectivity index (χ3n) is 4.28. The molecule has 3 heterocycles. The number of morpholine rings is 1. The number of ether oxygens (including phenoxy) is 1. The maximum Gasteiger partial charge on any atom is 0.274 e. The molecule has 3 rings (SSSR count). The van der Waals surface area contributed by atoms with Crippen LogP contribution in [0.4, 0.5) is 0 Å². The van der Waals surface area contributed by atoms with Crippen LogP contribution in [0.2, 0.25) is 0 Å². The van der Waals surface area contributed by atoms with Gasteiger partial charge in [0.15, 0.2) is 0 Å². The zero-order valence-electron chi connectivity index (χ0n) is 15.0. The SMILES string of the molecule is Cc1cn(C)c(C2CN(C(=O)c3cc(C(C)(C)C)[nH]n3)CCO2)n1. The van der Waals surface area contributed by atoms with Crippen LogP contribution in [0.5, 0.6) is 0 Å². The van der Waals surface area contributed by atoms with Crippen molar-refractivity contribution in [2.45, 2.75) is 39.2 Å². The van der Waals surface area contributed by atoms with E-state index in [9.17, 15) is 4.79 Å². The Morgan fingerprint density at radius 3 is 2.75 bits per heavy atom. The summed E-state index contributed by atoms with van der Waals surface area (Å²) in [5.41, 5.74) is 2.29. The van der Waals surface area contributed by atoms with Crippen molar-refractivity contribution in [3.05, 3.63) is 35.2 Å². The monoisotopic (exact) mass is 331 g/mol. The van der Waals surface area contributed by atoms with Crippen molar-refractivity contribution >= 4 is 5.91 Å². The zero-order valence-corrected chi connectivity index (χ0v) is 15.0. The lowest BCUT2D eigenvalue weighted by molar-refractivity contribution is -0.0281. The molecular weight excluding hydrogens is 306 g/mol. The highest BCUT2D eigenvalue weighted by molar-refractivity contribution is 5.92. The van der Waals surface area contributed by atoms with Crippen LogP contribution in [0.25, 0.3) is 0 Å². The van der Waals surface area contributed by atoms with Crippen LogP contribution in [0.15, 0.2) is 12.3 Å². The van der Waals surface area contributed by atoms with Crippen molar-refractivity contribution in [3.63, 3.8) is 0 Å². The fourth-order valence-corrected chi connectivity index (χ4v) is 2.90. The summed E-state index contributed by atoms with van der Waals surface area (Å²) in [4.78, 5) is 19.1. The molecule has 0 spiro atoms. The molecule has 7 nitrogen and oxygen atoms in total. The smallest absolute Gasteiger partial charge is 0.274 e. The van der Waals surface area contributed by atoms with Crippen molar-refractivity contribution in [3.8, 4) is 0 Å². The second kappa shape index (κ2) is 6.05. The number of carbonyl (C=O) groups is 1. The Labute approximate surface area is 142 Å². The number of aromatic amines is 1. The van der Waals surface area contributed by atoms with Crippen molar-refractivity contribution in [1.29, 1.82) is 0 Å².